The summed E-state index contributed by atoms with van der Waals surface area (Å²) in [6.07, 6.45) is 6.26. The van der Waals surface area contributed by atoms with Gasteiger partial charge >= 0.3 is 0 Å². The number of nitrogens with one attached hydrogen (secondary N) is 1. The van der Waals surface area contributed by atoms with Gasteiger partial charge in [-0.25, -0.2) is 0 Å². The van der Waals surface area contributed by atoms with Crippen LogP contribution in [0.2, 0.25) is 0 Å². The third-order valence-electron chi connectivity index (χ3n) is 6.79. The lowest BCUT2D eigenvalue weighted by molar-refractivity contribution is -0.120. The van der Waals surface area contributed by atoms with Crippen molar-refractivity contribution in [2.24, 2.45) is 16.7 Å². The molecule has 1 N–H and O–H groups in total. The molecule has 3 rings (SSSR count). The van der Waals surface area contributed by atoms with Gasteiger partial charge in [0.15, 0.2) is 5.16 Å². The van der Waals surface area contributed by atoms with Crippen molar-refractivity contribution < 1.29 is 9.53 Å². The van der Waals surface area contributed by atoms with Crippen molar-refractivity contribution in [1.82, 2.24) is 20.1 Å². The van der Waals surface area contributed by atoms with E-state index < -0.39 is 0 Å². The van der Waals surface area contributed by atoms with Crippen LogP contribution in [0.5, 0.6) is 0 Å². The summed E-state index contributed by atoms with van der Waals surface area (Å²) in [4.78, 5) is 12.5. The van der Waals surface area contributed by atoms with Gasteiger partial charge < -0.3 is 14.6 Å². The molecular formula is C18H30N4O2S. The molecule has 1 aromatic heterocycles. The van der Waals surface area contributed by atoms with E-state index in [1.54, 1.807) is 13.4 Å². The van der Waals surface area contributed by atoms with Crippen molar-refractivity contribution in [3.63, 3.8) is 0 Å². The molecule has 1 aromatic rings. The molecule has 25 heavy (non-hydrogen) atoms. The fourth-order valence-corrected chi connectivity index (χ4v) is 5.43. The highest BCUT2D eigenvalue weighted by molar-refractivity contribution is 7.99. The maximum atomic E-state index is 12.5. The molecule has 0 spiro atoms. The smallest absolute Gasteiger partial charge is 0.230 e. The predicted molar refractivity (Wildman–Crippen MR) is 98.4 cm³/mol. The van der Waals surface area contributed by atoms with E-state index in [9.17, 15) is 4.79 Å². The van der Waals surface area contributed by atoms with Crippen molar-refractivity contribution in [3.8, 4) is 0 Å². The Bertz CT molecular complexity index is 618. The zero-order chi connectivity index (χ0) is 18.1. The second-order valence-electron chi connectivity index (χ2n) is 8.17. The quantitative estimate of drug-likeness (QED) is 0.566. The number of carbonyl (C=O) groups is 1. The zero-order valence-electron chi connectivity index (χ0n) is 15.7. The van der Waals surface area contributed by atoms with Crippen LogP contribution in [0.15, 0.2) is 11.5 Å². The van der Waals surface area contributed by atoms with Gasteiger partial charge in [-0.3, -0.25) is 4.79 Å². The number of thioether (sulfide) groups is 1. The van der Waals surface area contributed by atoms with Crippen LogP contribution in [-0.2, 0) is 16.1 Å². The van der Waals surface area contributed by atoms with Gasteiger partial charge in [0.2, 0.25) is 5.91 Å². The summed E-state index contributed by atoms with van der Waals surface area (Å²) >= 11 is 1.46. The molecule has 0 aliphatic heterocycles. The van der Waals surface area contributed by atoms with Gasteiger partial charge in [-0.05, 0) is 42.4 Å². The summed E-state index contributed by atoms with van der Waals surface area (Å²) in [5, 5.41) is 12.2. The molecular weight excluding hydrogens is 336 g/mol. The lowest BCUT2D eigenvalue weighted by Crippen LogP contribution is -2.47. The molecule has 6 nitrogen and oxygen atoms in total. The van der Waals surface area contributed by atoms with Gasteiger partial charge in [0.05, 0.1) is 5.75 Å². The molecule has 7 heteroatoms. The standard InChI is InChI=1S/C18H30N4O2S/c1-17(2)13-6-7-18(17,3)14(10-13)20-15(23)11-25-16-21-19-12-22(16)8-5-9-24-4/h12-14H,5-11H2,1-4H3,(H,20,23)/t13-,14-,18-/m1/s1. The molecule has 0 unspecified atom stereocenters. The van der Waals surface area contributed by atoms with Crippen LogP contribution in [0.3, 0.4) is 0 Å². The minimum Gasteiger partial charge on any atom is -0.385 e. The van der Waals surface area contributed by atoms with E-state index in [1.165, 1.54) is 24.6 Å². The van der Waals surface area contributed by atoms with Crippen LogP contribution >= 0.6 is 11.8 Å². The molecule has 2 saturated carbocycles. The Morgan fingerprint density at radius 2 is 2.28 bits per heavy atom. The first-order valence-corrected chi connectivity index (χ1v) is 10.2. The highest BCUT2D eigenvalue weighted by Gasteiger charge is 2.61. The molecule has 0 saturated heterocycles. The Morgan fingerprint density at radius 1 is 1.48 bits per heavy atom. The Labute approximate surface area is 154 Å². The highest BCUT2D eigenvalue weighted by Crippen LogP contribution is 2.65. The van der Waals surface area contributed by atoms with Crippen LogP contribution in [0, 0.1) is 16.7 Å². The van der Waals surface area contributed by atoms with E-state index in [1.807, 2.05) is 4.57 Å². The maximum absolute atomic E-state index is 12.5. The third-order valence-corrected chi connectivity index (χ3v) is 7.77. The summed E-state index contributed by atoms with van der Waals surface area (Å²) in [6.45, 7) is 8.61. The van der Waals surface area contributed by atoms with Crippen molar-refractivity contribution >= 4 is 17.7 Å². The molecule has 2 aliphatic rings. The molecule has 2 fully saturated rings. The fraction of sp³-hybridized carbons (Fsp3) is 0.833. The number of aryl methyl sites for hydroxylation is 1. The number of nitrogens with zero attached hydrogens (tertiary/aromatic N) is 3. The molecule has 2 aliphatic carbocycles. The van der Waals surface area contributed by atoms with Gasteiger partial charge in [-0.1, -0.05) is 32.5 Å². The van der Waals surface area contributed by atoms with Gasteiger partial charge in [0.25, 0.3) is 0 Å². The lowest BCUT2D eigenvalue weighted by Gasteiger charge is -2.39. The molecule has 1 heterocycles. The van der Waals surface area contributed by atoms with Crippen LogP contribution < -0.4 is 5.32 Å². The number of carbonyl (C=O) groups excluding carboxylic acids is 1. The molecule has 3 atom stereocenters. The van der Waals surface area contributed by atoms with Crippen LogP contribution in [-0.4, -0.2) is 46.2 Å². The number of fused-ring (bicyclic) bond motifs is 2. The summed E-state index contributed by atoms with van der Waals surface area (Å²) < 4.78 is 7.06. The number of hydrogen-bond donors (Lipinski definition) is 1. The van der Waals surface area contributed by atoms with Crippen molar-refractivity contribution in [1.29, 1.82) is 0 Å². The summed E-state index contributed by atoms with van der Waals surface area (Å²) in [6, 6.07) is 0.300. The second kappa shape index (κ2) is 7.27. The Balaban J connectivity index is 1.51. The van der Waals surface area contributed by atoms with E-state index in [0.717, 1.165) is 30.5 Å². The van der Waals surface area contributed by atoms with E-state index >= 15 is 0 Å². The normalized spacial score (nSPS) is 29.9. The Hall–Kier alpha value is -1.08. The van der Waals surface area contributed by atoms with Crippen LogP contribution in [0.4, 0.5) is 0 Å². The third kappa shape index (κ3) is 3.45. The lowest BCUT2D eigenvalue weighted by atomic mass is 9.69. The van der Waals surface area contributed by atoms with E-state index in [2.05, 4.69) is 36.3 Å². The number of hydrogen-bond acceptors (Lipinski definition) is 5. The Morgan fingerprint density at radius 3 is 2.92 bits per heavy atom. The van der Waals surface area contributed by atoms with E-state index in [-0.39, 0.29) is 11.3 Å². The largest absolute Gasteiger partial charge is 0.385 e. The molecule has 2 bridgehead atoms. The average molecular weight is 367 g/mol. The number of amides is 1. The van der Waals surface area contributed by atoms with E-state index in [0.29, 0.717) is 23.8 Å². The number of methoxy groups -OCH3 is 1. The summed E-state index contributed by atoms with van der Waals surface area (Å²) in [7, 11) is 1.70. The topological polar surface area (TPSA) is 69.0 Å². The van der Waals surface area contributed by atoms with Gasteiger partial charge in [0.1, 0.15) is 6.33 Å². The first kappa shape index (κ1) is 18.7. The fourth-order valence-electron chi connectivity index (χ4n) is 4.68. The minimum absolute atomic E-state index is 0.103. The maximum Gasteiger partial charge on any atom is 0.230 e. The van der Waals surface area contributed by atoms with Crippen molar-refractivity contribution in [2.45, 2.75) is 64.2 Å². The average Bonchev–Trinajstić information content (AvgIpc) is 3.15. The number of rotatable bonds is 8. The first-order valence-electron chi connectivity index (χ1n) is 9.17. The number of aromatic nitrogens is 3. The zero-order valence-corrected chi connectivity index (χ0v) is 16.6. The number of ether oxygens (including phenoxy) is 1. The van der Waals surface area contributed by atoms with Gasteiger partial charge in [-0.2, -0.15) is 0 Å². The molecule has 0 radical (unpaired) electrons. The SMILES string of the molecule is COCCCn1cnnc1SCC(=O)N[C@@H]1C[C@H]2CC[C@@]1(C)C2(C)C. The van der Waals surface area contributed by atoms with Gasteiger partial charge in [0, 0.05) is 26.3 Å². The molecule has 0 aromatic carbocycles. The summed E-state index contributed by atoms with van der Waals surface area (Å²) in [5.41, 5.74) is 0.539. The molecule has 140 valence electrons. The second-order valence-corrected chi connectivity index (χ2v) is 9.11. The highest BCUT2D eigenvalue weighted by atomic mass is 32.2. The minimum atomic E-state index is 0.103. The predicted octanol–water partition coefficient (Wildman–Crippen LogP) is 2.74. The van der Waals surface area contributed by atoms with Gasteiger partial charge in [-0.15, -0.1) is 10.2 Å². The van der Waals surface area contributed by atoms with Crippen LogP contribution in [0.25, 0.3) is 0 Å². The first-order chi connectivity index (χ1) is 11.9. The van der Waals surface area contributed by atoms with Crippen LogP contribution in [0.1, 0.15) is 46.5 Å². The van der Waals surface area contributed by atoms with E-state index in [4.69, 9.17) is 4.74 Å². The molecule has 1 amide bonds. The Kier molecular flexibility index (Phi) is 5.44. The van der Waals surface area contributed by atoms with Crippen molar-refractivity contribution in [2.75, 3.05) is 19.5 Å². The van der Waals surface area contributed by atoms with Crippen molar-refractivity contribution in [3.05, 3.63) is 6.33 Å². The summed E-state index contributed by atoms with van der Waals surface area (Å²) in [5.74, 6) is 1.23. The monoisotopic (exact) mass is 366 g/mol.